The van der Waals surface area contributed by atoms with Crippen LogP contribution in [0.1, 0.15) is 19.7 Å². The van der Waals surface area contributed by atoms with E-state index >= 15 is 0 Å². The lowest BCUT2D eigenvalue weighted by Crippen LogP contribution is -2.48. The lowest BCUT2D eigenvalue weighted by molar-refractivity contribution is -0.119. The van der Waals surface area contributed by atoms with Gasteiger partial charge in [-0.15, -0.1) is 0 Å². The highest BCUT2D eigenvalue weighted by Gasteiger charge is 2.29. The van der Waals surface area contributed by atoms with Gasteiger partial charge in [0, 0.05) is 43.0 Å². The molecule has 1 amide bonds. The van der Waals surface area contributed by atoms with Gasteiger partial charge in [0.1, 0.15) is 23.3 Å². The second kappa shape index (κ2) is 10.7. The van der Waals surface area contributed by atoms with Crippen LogP contribution in [0.15, 0.2) is 68.7 Å². The number of nitrogens with zero attached hydrogens (tertiary/aromatic N) is 4. The summed E-state index contributed by atoms with van der Waals surface area (Å²) in [7, 11) is -3.72. The first-order valence-electron chi connectivity index (χ1n) is 12.7. The number of benzene rings is 2. The fourth-order valence-corrected chi connectivity index (χ4v) is 6.16. The first kappa shape index (κ1) is 26.7. The van der Waals surface area contributed by atoms with Crippen molar-refractivity contribution in [2.45, 2.75) is 31.3 Å². The summed E-state index contributed by atoms with van der Waals surface area (Å²) in [5.74, 6) is 0.621. The fraction of sp³-hybridized carbons (Fsp3) is 0.333. The van der Waals surface area contributed by atoms with E-state index in [0.717, 1.165) is 10.9 Å². The summed E-state index contributed by atoms with van der Waals surface area (Å²) in [6.07, 6.45) is 0. The van der Waals surface area contributed by atoms with Crippen molar-refractivity contribution in [3.8, 4) is 0 Å². The molecule has 0 unspecified atom stereocenters. The molecule has 0 radical (unpaired) electrons. The number of piperazine rings is 1. The molecule has 3 N–H and O–H groups in total. The zero-order valence-electron chi connectivity index (χ0n) is 21.7. The molecule has 12 heteroatoms. The van der Waals surface area contributed by atoms with Crippen LogP contribution in [0.5, 0.6) is 0 Å². The Labute approximate surface area is 225 Å². The van der Waals surface area contributed by atoms with E-state index in [2.05, 4.69) is 10.2 Å². The molecule has 1 atom stereocenters. The number of aromatic nitrogens is 2. The standard InChI is InChI=1S/C27H30N6O5S/c1-17(2)25(26(28)35)31-27-20-5-3-4-6-21(20)29-23(30-27)16-32-11-13-33(14-12-32)39(36,37)19-8-9-22-18(15-19)7-10-24(34)38-22/h3-10,15,17,25H,11-14,16H2,1-2H3,(H2,28,35)(H,29,30,31)/t25-/m0/s1. The maximum absolute atomic E-state index is 13.3. The number of nitrogens with one attached hydrogen (secondary N) is 1. The van der Waals surface area contributed by atoms with Crippen molar-refractivity contribution in [3.05, 3.63) is 70.8 Å². The van der Waals surface area contributed by atoms with Crippen molar-refractivity contribution in [1.29, 1.82) is 0 Å². The molecule has 1 aliphatic heterocycles. The van der Waals surface area contributed by atoms with Crippen LogP contribution in [0.4, 0.5) is 5.82 Å². The number of amides is 1. The summed E-state index contributed by atoms with van der Waals surface area (Å²) < 4.78 is 33.2. The number of rotatable bonds is 8. The predicted molar refractivity (Wildman–Crippen MR) is 148 cm³/mol. The van der Waals surface area contributed by atoms with Gasteiger partial charge in [0.05, 0.1) is 17.0 Å². The van der Waals surface area contributed by atoms with Gasteiger partial charge in [0.25, 0.3) is 0 Å². The molecule has 2 aromatic heterocycles. The minimum Gasteiger partial charge on any atom is -0.423 e. The van der Waals surface area contributed by atoms with Gasteiger partial charge >= 0.3 is 5.63 Å². The third-order valence-corrected chi connectivity index (χ3v) is 8.73. The summed E-state index contributed by atoms with van der Waals surface area (Å²) in [6, 6.07) is 14.3. The molecule has 4 aromatic rings. The average molecular weight is 551 g/mol. The lowest BCUT2D eigenvalue weighted by atomic mass is 10.0. The molecule has 204 valence electrons. The molecule has 0 saturated carbocycles. The molecule has 1 saturated heterocycles. The Morgan fingerprint density at radius 3 is 2.51 bits per heavy atom. The van der Waals surface area contributed by atoms with Crippen LogP contribution in [0.3, 0.4) is 0 Å². The number of carbonyl (C=O) groups excluding carboxylic acids is 1. The topological polar surface area (TPSA) is 152 Å². The first-order chi connectivity index (χ1) is 18.6. The number of hydrogen-bond donors (Lipinski definition) is 2. The van der Waals surface area contributed by atoms with Crippen LogP contribution >= 0.6 is 0 Å². The Hall–Kier alpha value is -3.87. The van der Waals surface area contributed by atoms with Gasteiger partial charge in [0.15, 0.2) is 0 Å². The largest absolute Gasteiger partial charge is 0.423 e. The molecular formula is C27H30N6O5S. The van der Waals surface area contributed by atoms with Crippen molar-refractivity contribution in [2.75, 3.05) is 31.5 Å². The Morgan fingerprint density at radius 1 is 1.05 bits per heavy atom. The van der Waals surface area contributed by atoms with E-state index in [0.29, 0.717) is 55.3 Å². The summed E-state index contributed by atoms with van der Waals surface area (Å²) in [6.45, 7) is 5.85. The Morgan fingerprint density at radius 2 is 1.79 bits per heavy atom. The molecule has 0 bridgehead atoms. The highest BCUT2D eigenvalue weighted by molar-refractivity contribution is 7.89. The summed E-state index contributed by atoms with van der Waals surface area (Å²) >= 11 is 0. The molecular weight excluding hydrogens is 520 g/mol. The molecule has 0 aliphatic carbocycles. The highest BCUT2D eigenvalue weighted by atomic mass is 32.2. The SMILES string of the molecule is CC(C)[C@H](Nc1nc(CN2CCN(S(=O)(=O)c3ccc4oc(=O)ccc4c3)CC2)nc2ccccc12)C(N)=O. The normalized spacial score (nSPS) is 16.1. The van der Waals surface area contributed by atoms with Gasteiger partial charge in [-0.25, -0.2) is 23.2 Å². The molecule has 1 aliphatic rings. The quantitative estimate of drug-likeness (QED) is 0.314. The van der Waals surface area contributed by atoms with E-state index in [9.17, 15) is 18.0 Å². The molecule has 3 heterocycles. The Balaban J connectivity index is 1.31. The van der Waals surface area contributed by atoms with Crippen LogP contribution in [-0.4, -0.2) is 65.7 Å². The maximum Gasteiger partial charge on any atom is 0.336 e. The van der Waals surface area contributed by atoms with Crippen LogP contribution < -0.4 is 16.7 Å². The predicted octanol–water partition coefficient (Wildman–Crippen LogP) is 2.16. The monoisotopic (exact) mass is 550 g/mol. The second-order valence-corrected chi connectivity index (χ2v) is 11.8. The molecule has 5 rings (SSSR count). The molecule has 0 spiro atoms. The number of anilines is 1. The smallest absolute Gasteiger partial charge is 0.336 e. The average Bonchev–Trinajstić information content (AvgIpc) is 2.91. The van der Waals surface area contributed by atoms with Crippen LogP contribution in [0.2, 0.25) is 0 Å². The number of sulfonamides is 1. The molecule has 2 aromatic carbocycles. The summed E-state index contributed by atoms with van der Waals surface area (Å²) in [5.41, 5.74) is 6.21. The van der Waals surface area contributed by atoms with Gasteiger partial charge in [-0.05, 0) is 42.3 Å². The Bertz CT molecular complexity index is 1700. The number of nitrogens with two attached hydrogens (primary N) is 1. The third-order valence-electron chi connectivity index (χ3n) is 6.84. The van der Waals surface area contributed by atoms with E-state index < -0.39 is 27.6 Å². The van der Waals surface area contributed by atoms with Crippen molar-refractivity contribution in [3.63, 3.8) is 0 Å². The molecule has 1 fully saturated rings. The zero-order chi connectivity index (χ0) is 27.7. The fourth-order valence-electron chi connectivity index (χ4n) is 4.71. The third kappa shape index (κ3) is 5.63. The van der Waals surface area contributed by atoms with Gasteiger partial charge in [-0.3, -0.25) is 9.69 Å². The first-order valence-corrected chi connectivity index (χ1v) is 14.1. The van der Waals surface area contributed by atoms with Crippen molar-refractivity contribution in [1.82, 2.24) is 19.2 Å². The summed E-state index contributed by atoms with van der Waals surface area (Å²) in [5, 5.41) is 4.54. The number of hydrogen-bond acceptors (Lipinski definition) is 9. The Kier molecular flexibility index (Phi) is 7.34. The minimum atomic E-state index is -3.72. The van der Waals surface area contributed by atoms with Crippen LogP contribution in [0.25, 0.3) is 21.9 Å². The highest BCUT2D eigenvalue weighted by Crippen LogP contribution is 2.25. The summed E-state index contributed by atoms with van der Waals surface area (Å²) in [4.78, 5) is 35.1. The van der Waals surface area contributed by atoms with Crippen LogP contribution in [0, 0.1) is 5.92 Å². The van der Waals surface area contributed by atoms with Crippen molar-refractivity contribution in [2.24, 2.45) is 11.7 Å². The van der Waals surface area contributed by atoms with Gasteiger partial charge in [-0.1, -0.05) is 26.0 Å². The lowest BCUT2D eigenvalue weighted by Gasteiger charge is -2.33. The number of para-hydroxylation sites is 1. The number of fused-ring (bicyclic) bond motifs is 2. The van der Waals surface area contributed by atoms with E-state index in [-0.39, 0.29) is 10.8 Å². The number of primary amides is 1. The van der Waals surface area contributed by atoms with E-state index in [1.807, 2.05) is 38.1 Å². The maximum atomic E-state index is 13.3. The molecule has 11 nitrogen and oxygen atoms in total. The second-order valence-electron chi connectivity index (χ2n) is 9.91. The van der Waals surface area contributed by atoms with Gasteiger partial charge in [-0.2, -0.15) is 4.31 Å². The van der Waals surface area contributed by atoms with Gasteiger partial charge < -0.3 is 15.5 Å². The minimum absolute atomic E-state index is 0.0316. The molecule has 39 heavy (non-hydrogen) atoms. The van der Waals surface area contributed by atoms with Crippen LogP contribution in [-0.2, 0) is 21.4 Å². The zero-order valence-corrected chi connectivity index (χ0v) is 22.5. The van der Waals surface area contributed by atoms with E-state index in [1.165, 1.54) is 28.6 Å². The van der Waals surface area contributed by atoms with Crippen molar-refractivity contribution < 1.29 is 17.6 Å². The number of carbonyl (C=O) groups is 1. The van der Waals surface area contributed by atoms with Gasteiger partial charge in [0.2, 0.25) is 15.9 Å². The van der Waals surface area contributed by atoms with Crippen molar-refractivity contribution >= 4 is 43.6 Å². The van der Waals surface area contributed by atoms with E-state index in [4.69, 9.17) is 20.1 Å². The van der Waals surface area contributed by atoms with E-state index in [1.54, 1.807) is 6.07 Å².